The second-order valence-electron chi connectivity index (χ2n) is 4.98. The van der Waals surface area contributed by atoms with E-state index < -0.39 is 0 Å². The molecule has 0 radical (unpaired) electrons. The lowest BCUT2D eigenvalue weighted by atomic mass is 10.1. The zero-order valence-electron chi connectivity index (χ0n) is 11.6. The molecule has 0 spiro atoms. The summed E-state index contributed by atoms with van der Waals surface area (Å²) in [6.07, 6.45) is 0. The number of halogens is 2. The van der Waals surface area contributed by atoms with Crippen molar-refractivity contribution in [1.82, 2.24) is 0 Å². The van der Waals surface area contributed by atoms with Crippen LogP contribution in [0.4, 0.5) is 10.1 Å². The van der Waals surface area contributed by atoms with Crippen LogP contribution in [0.3, 0.4) is 0 Å². The molecule has 20 heavy (non-hydrogen) atoms. The van der Waals surface area contributed by atoms with E-state index in [0.717, 1.165) is 16.8 Å². The SMILES string of the molecule is C[C@@H](N)c1ccc(N(C)Cc2ccc(F)cc2)c(Cl)c1. The van der Waals surface area contributed by atoms with E-state index in [2.05, 4.69) is 0 Å². The van der Waals surface area contributed by atoms with Crippen molar-refractivity contribution in [3.05, 3.63) is 64.4 Å². The molecule has 0 unspecified atom stereocenters. The van der Waals surface area contributed by atoms with Gasteiger partial charge in [0.15, 0.2) is 0 Å². The van der Waals surface area contributed by atoms with Gasteiger partial charge in [0.1, 0.15) is 5.82 Å². The van der Waals surface area contributed by atoms with E-state index >= 15 is 0 Å². The third-order valence-corrected chi connectivity index (χ3v) is 3.54. The van der Waals surface area contributed by atoms with Crippen LogP contribution in [-0.2, 0) is 6.54 Å². The molecule has 0 heterocycles. The Morgan fingerprint density at radius 1 is 1.20 bits per heavy atom. The fourth-order valence-electron chi connectivity index (χ4n) is 2.06. The van der Waals surface area contributed by atoms with E-state index in [1.165, 1.54) is 12.1 Å². The Labute approximate surface area is 124 Å². The maximum atomic E-state index is 12.9. The summed E-state index contributed by atoms with van der Waals surface area (Å²) in [4.78, 5) is 2.03. The lowest BCUT2D eigenvalue weighted by molar-refractivity contribution is 0.627. The van der Waals surface area contributed by atoms with Crippen LogP contribution in [-0.4, -0.2) is 7.05 Å². The van der Waals surface area contributed by atoms with E-state index in [0.29, 0.717) is 11.6 Å². The third kappa shape index (κ3) is 3.50. The molecular formula is C16H18ClFN2. The molecule has 0 saturated carbocycles. The number of nitrogens with two attached hydrogens (primary N) is 1. The van der Waals surface area contributed by atoms with Crippen LogP contribution >= 0.6 is 11.6 Å². The normalized spacial score (nSPS) is 12.2. The second kappa shape index (κ2) is 6.25. The minimum atomic E-state index is -0.226. The summed E-state index contributed by atoms with van der Waals surface area (Å²) in [6.45, 7) is 2.59. The number of benzene rings is 2. The van der Waals surface area contributed by atoms with Crippen LogP contribution in [0.25, 0.3) is 0 Å². The molecule has 0 aliphatic heterocycles. The number of anilines is 1. The Balaban J connectivity index is 2.16. The van der Waals surface area contributed by atoms with Crippen LogP contribution in [0.1, 0.15) is 24.1 Å². The van der Waals surface area contributed by atoms with Gasteiger partial charge in [-0.05, 0) is 42.3 Å². The summed E-state index contributed by atoms with van der Waals surface area (Å²) < 4.78 is 12.9. The Morgan fingerprint density at radius 3 is 2.40 bits per heavy atom. The highest BCUT2D eigenvalue weighted by Crippen LogP contribution is 2.28. The smallest absolute Gasteiger partial charge is 0.123 e. The maximum Gasteiger partial charge on any atom is 0.123 e. The molecule has 0 aromatic heterocycles. The van der Waals surface area contributed by atoms with Crippen molar-refractivity contribution in [3.8, 4) is 0 Å². The summed E-state index contributed by atoms with van der Waals surface area (Å²) in [7, 11) is 1.95. The van der Waals surface area contributed by atoms with Gasteiger partial charge < -0.3 is 10.6 Å². The summed E-state index contributed by atoms with van der Waals surface area (Å²) >= 11 is 6.30. The first kappa shape index (κ1) is 14.8. The Hall–Kier alpha value is -1.58. The topological polar surface area (TPSA) is 29.3 Å². The largest absolute Gasteiger partial charge is 0.369 e. The van der Waals surface area contributed by atoms with Gasteiger partial charge in [-0.1, -0.05) is 29.8 Å². The van der Waals surface area contributed by atoms with Crippen molar-refractivity contribution in [2.24, 2.45) is 5.73 Å². The van der Waals surface area contributed by atoms with E-state index in [1.54, 1.807) is 12.1 Å². The number of nitrogens with zero attached hydrogens (tertiary/aromatic N) is 1. The fourth-order valence-corrected chi connectivity index (χ4v) is 2.40. The highest BCUT2D eigenvalue weighted by Gasteiger charge is 2.09. The molecule has 0 aliphatic rings. The lowest BCUT2D eigenvalue weighted by Crippen LogP contribution is -2.17. The van der Waals surface area contributed by atoms with Crippen LogP contribution in [0.15, 0.2) is 42.5 Å². The third-order valence-electron chi connectivity index (χ3n) is 3.24. The van der Waals surface area contributed by atoms with Gasteiger partial charge >= 0.3 is 0 Å². The molecule has 2 aromatic carbocycles. The van der Waals surface area contributed by atoms with Crippen molar-refractivity contribution >= 4 is 17.3 Å². The van der Waals surface area contributed by atoms with Gasteiger partial charge in [0.2, 0.25) is 0 Å². The van der Waals surface area contributed by atoms with Crippen LogP contribution < -0.4 is 10.6 Å². The minimum Gasteiger partial charge on any atom is -0.369 e. The monoisotopic (exact) mass is 292 g/mol. The number of hydrogen-bond acceptors (Lipinski definition) is 2. The highest BCUT2D eigenvalue weighted by molar-refractivity contribution is 6.33. The van der Waals surface area contributed by atoms with Crippen molar-refractivity contribution in [2.75, 3.05) is 11.9 Å². The van der Waals surface area contributed by atoms with Gasteiger partial charge in [-0.3, -0.25) is 0 Å². The number of hydrogen-bond donors (Lipinski definition) is 1. The molecule has 106 valence electrons. The molecule has 1 atom stereocenters. The second-order valence-corrected chi connectivity index (χ2v) is 5.39. The van der Waals surface area contributed by atoms with Gasteiger partial charge in [0, 0.05) is 19.6 Å². The molecule has 0 bridgehead atoms. The minimum absolute atomic E-state index is 0.0380. The van der Waals surface area contributed by atoms with Gasteiger partial charge in [-0.2, -0.15) is 0 Å². The van der Waals surface area contributed by atoms with Crippen LogP contribution in [0, 0.1) is 5.82 Å². The van der Waals surface area contributed by atoms with Gasteiger partial charge in [-0.15, -0.1) is 0 Å². The van der Waals surface area contributed by atoms with Gasteiger partial charge in [0.25, 0.3) is 0 Å². The molecular weight excluding hydrogens is 275 g/mol. The Kier molecular flexibility index (Phi) is 4.63. The lowest BCUT2D eigenvalue weighted by Gasteiger charge is -2.21. The predicted molar refractivity (Wildman–Crippen MR) is 82.6 cm³/mol. The van der Waals surface area contributed by atoms with Crippen LogP contribution in [0.2, 0.25) is 5.02 Å². The fraction of sp³-hybridized carbons (Fsp3) is 0.250. The van der Waals surface area contributed by atoms with Crippen molar-refractivity contribution < 1.29 is 4.39 Å². The molecule has 2 N–H and O–H groups in total. The van der Waals surface area contributed by atoms with E-state index in [1.807, 2.05) is 37.1 Å². The zero-order chi connectivity index (χ0) is 14.7. The maximum absolute atomic E-state index is 12.9. The summed E-state index contributed by atoms with van der Waals surface area (Å²) in [5.41, 5.74) is 8.81. The van der Waals surface area contributed by atoms with E-state index in [4.69, 9.17) is 17.3 Å². The molecule has 4 heteroatoms. The van der Waals surface area contributed by atoms with Crippen molar-refractivity contribution in [3.63, 3.8) is 0 Å². The quantitative estimate of drug-likeness (QED) is 0.918. The number of rotatable bonds is 4. The summed E-state index contributed by atoms with van der Waals surface area (Å²) in [5, 5.41) is 0.671. The molecule has 0 fully saturated rings. The van der Waals surface area contributed by atoms with Crippen LogP contribution in [0.5, 0.6) is 0 Å². The van der Waals surface area contributed by atoms with Crippen molar-refractivity contribution in [1.29, 1.82) is 0 Å². The first-order valence-electron chi connectivity index (χ1n) is 6.48. The molecule has 0 aliphatic carbocycles. The van der Waals surface area contributed by atoms with Crippen molar-refractivity contribution in [2.45, 2.75) is 19.5 Å². The predicted octanol–water partition coefficient (Wildman–Crippen LogP) is 4.14. The molecule has 0 saturated heterocycles. The van der Waals surface area contributed by atoms with E-state index in [-0.39, 0.29) is 11.9 Å². The summed E-state index contributed by atoms with van der Waals surface area (Å²) in [5.74, 6) is -0.226. The van der Waals surface area contributed by atoms with Gasteiger partial charge in [0.05, 0.1) is 10.7 Å². The van der Waals surface area contributed by atoms with Gasteiger partial charge in [-0.25, -0.2) is 4.39 Å². The first-order valence-corrected chi connectivity index (χ1v) is 6.86. The Bertz CT molecular complexity index is 582. The average molecular weight is 293 g/mol. The molecule has 2 nitrogen and oxygen atoms in total. The zero-order valence-corrected chi connectivity index (χ0v) is 12.4. The molecule has 2 rings (SSSR count). The molecule has 0 amide bonds. The molecule has 2 aromatic rings. The standard InChI is InChI=1S/C16H18ClFN2/c1-11(19)13-5-8-16(15(17)9-13)20(2)10-12-3-6-14(18)7-4-12/h3-9,11H,10,19H2,1-2H3/t11-/m1/s1. The first-order chi connectivity index (χ1) is 9.47. The average Bonchev–Trinajstić information content (AvgIpc) is 2.41. The Morgan fingerprint density at radius 2 is 1.85 bits per heavy atom. The summed E-state index contributed by atoms with van der Waals surface area (Å²) in [6, 6.07) is 12.3. The highest BCUT2D eigenvalue weighted by atomic mass is 35.5. The van der Waals surface area contributed by atoms with E-state index in [9.17, 15) is 4.39 Å².